The molecule has 1 aromatic heterocycles. The third kappa shape index (κ3) is 3.11. The van der Waals surface area contributed by atoms with Crippen molar-refractivity contribution in [2.45, 2.75) is 13.0 Å². The van der Waals surface area contributed by atoms with Crippen LogP contribution in [0.25, 0.3) is 11.0 Å². The molecule has 1 amide bonds. The first-order valence-electron chi connectivity index (χ1n) is 6.76. The molecule has 4 nitrogen and oxygen atoms in total. The van der Waals surface area contributed by atoms with Crippen LogP contribution in [-0.4, -0.2) is 15.9 Å². The lowest BCUT2D eigenvalue weighted by Gasteiger charge is -2.04. The molecular weight excluding hydrogens is 288 g/mol. The Balaban J connectivity index is 1.63. The Bertz CT molecular complexity index is 829. The van der Waals surface area contributed by atoms with Gasteiger partial charge in [-0.15, -0.1) is 0 Å². The molecule has 6 heteroatoms. The normalized spacial score (nSPS) is 10.8. The number of imidazole rings is 1. The SMILES string of the molecule is O=C(Cc1ccccc1F)NCc1nc2ccc(F)cc2[nH]1. The molecule has 0 radical (unpaired) electrons. The van der Waals surface area contributed by atoms with Crippen LogP contribution in [0.15, 0.2) is 42.5 Å². The summed E-state index contributed by atoms with van der Waals surface area (Å²) in [6, 6.07) is 10.4. The minimum Gasteiger partial charge on any atom is -0.349 e. The number of carbonyl (C=O) groups excluding carboxylic acids is 1. The van der Waals surface area contributed by atoms with E-state index in [-0.39, 0.29) is 24.7 Å². The van der Waals surface area contributed by atoms with E-state index in [4.69, 9.17) is 0 Å². The van der Waals surface area contributed by atoms with Gasteiger partial charge in [-0.2, -0.15) is 0 Å². The smallest absolute Gasteiger partial charge is 0.224 e. The van der Waals surface area contributed by atoms with Crippen molar-refractivity contribution in [2.75, 3.05) is 0 Å². The van der Waals surface area contributed by atoms with Crippen LogP contribution in [0.1, 0.15) is 11.4 Å². The zero-order valence-electron chi connectivity index (χ0n) is 11.6. The maximum absolute atomic E-state index is 13.5. The maximum atomic E-state index is 13.5. The molecule has 0 bridgehead atoms. The van der Waals surface area contributed by atoms with E-state index in [0.717, 1.165) is 0 Å². The molecule has 0 unspecified atom stereocenters. The number of hydrogen-bond donors (Lipinski definition) is 2. The van der Waals surface area contributed by atoms with Gasteiger partial charge in [-0.05, 0) is 29.8 Å². The summed E-state index contributed by atoms with van der Waals surface area (Å²) in [4.78, 5) is 19.0. The first-order valence-corrected chi connectivity index (χ1v) is 6.76. The van der Waals surface area contributed by atoms with Crippen molar-refractivity contribution in [2.24, 2.45) is 0 Å². The Morgan fingerprint density at radius 2 is 2.00 bits per heavy atom. The van der Waals surface area contributed by atoms with Gasteiger partial charge in [0.2, 0.25) is 5.91 Å². The van der Waals surface area contributed by atoms with Crippen LogP contribution in [0.4, 0.5) is 8.78 Å². The molecule has 0 aliphatic heterocycles. The van der Waals surface area contributed by atoms with Crippen LogP contribution in [0.2, 0.25) is 0 Å². The quantitative estimate of drug-likeness (QED) is 0.778. The van der Waals surface area contributed by atoms with Gasteiger partial charge in [-0.1, -0.05) is 18.2 Å². The zero-order chi connectivity index (χ0) is 15.5. The van der Waals surface area contributed by atoms with Gasteiger partial charge in [0.15, 0.2) is 0 Å². The number of H-pyrrole nitrogens is 1. The Labute approximate surface area is 125 Å². The number of nitrogens with zero attached hydrogens (tertiary/aromatic N) is 1. The van der Waals surface area contributed by atoms with Crippen molar-refractivity contribution in [3.8, 4) is 0 Å². The largest absolute Gasteiger partial charge is 0.349 e. The van der Waals surface area contributed by atoms with Crippen LogP contribution >= 0.6 is 0 Å². The molecule has 0 spiro atoms. The van der Waals surface area contributed by atoms with Gasteiger partial charge >= 0.3 is 0 Å². The highest BCUT2D eigenvalue weighted by atomic mass is 19.1. The van der Waals surface area contributed by atoms with Crippen molar-refractivity contribution in [1.29, 1.82) is 0 Å². The summed E-state index contributed by atoms with van der Waals surface area (Å²) in [5.41, 5.74) is 1.53. The summed E-state index contributed by atoms with van der Waals surface area (Å²) in [5, 5.41) is 2.66. The number of fused-ring (bicyclic) bond motifs is 1. The number of aromatic nitrogens is 2. The summed E-state index contributed by atoms with van der Waals surface area (Å²) < 4.78 is 26.5. The van der Waals surface area contributed by atoms with Crippen molar-refractivity contribution in [3.05, 3.63) is 65.5 Å². The number of amides is 1. The van der Waals surface area contributed by atoms with E-state index >= 15 is 0 Å². The molecule has 0 aliphatic rings. The molecule has 0 fully saturated rings. The highest BCUT2D eigenvalue weighted by molar-refractivity contribution is 5.79. The van der Waals surface area contributed by atoms with E-state index in [0.29, 0.717) is 22.4 Å². The molecule has 0 saturated heterocycles. The predicted molar refractivity (Wildman–Crippen MR) is 78.0 cm³/mol. The van der Waals surface area contributed by atoms with Crippen molar-refractivity contribution >= 4 is 16.9 Å². The van der Waals surface area contributed by atoms with Crippen molar-refractivity contribution < 1.29 is 13.6 Å². The van der Waals surface area contributed by atoms with Gasteiger partial charge < -0.3 is 10.3 Å². The standard InChI is InChI=1S/C16H13F2N3O/c17-11-5-6-13-14(8-11)21-15(20-13)9-19-16(22)7-10-3-1-2-4-12(10)18/h1-6,8H,7,9H2,(H,19,22)(H,20,21). The van der Waals surface area contributed by atoms with Crippen molar-refractivity contribution in [3.63, 3.8) is 0 Å². The molecule has 0 atom stereocenters. The minimum absolute atomic E-state index is 0.0401. The Morgan fingerprint density at radius 3 is 2.82 bits per heavy atom. The molecule has 0 aliphatic carbocycles. The third-order valence-electron chi connectivity index (χ3n) is 3.25. The molecule has 22 heavy (non-hydrogen) atoms. The van der Waals surface area contributed by atoms with Crippen LogP contribution in [-0.2, 0) is 17.8 Å². The van der Waals surface area contributed by atoms with Crippen LogP contribution in [0.3, 0.4) is 0 Å². The Kier molecular flexibility index (Phi) is 3.82. The zero-order valence-corrected chi connectivity index (χ0v) is 11.6. The van der Waals surface area contributed by atoms with Gasteiger partial charge in [0.1, 0.15) is 17.5 Å². The average Bonchev–Trinajstić information content (AvgIpc) is 2.89. The maximum Gasteiger partial charge on any atom is 0.224 e. The molecule has 3 aromatic rings. The molecule has 2 N–H and O–H groups in total. The number of halogens is 2. The monoisotopic (exact) mass is 301 g/mol. The van der Waals surface area contributed by atoms with E-state index in [1.54, 1.807) is 24.3 Å². The van der Waals surface area contributed by atoms with Gasteiger partial charge in [-0.25, -0.2) is 13.8 Å². The lowest BCUT2D eigenvalue weighted by molar-refractivity contribution is -0.120. The molecule has 3 rings (SSSR count). The number of hydrogen-bond acceptors (Lipinski definition) is 2. The van der Waals surface area contributed by atoms with Crippen LogP contribution in [0.5, 0.6) is 0 Å². The van der Waals surface area contributed by atoms with Crippen LogP contribution < -0.4 is 5.32 Å². The molecule has 112 valence electrons. The first-order chi connectivity index (χ1) is 10.6. The second-order valence-corrected chi connectivity index (χ2v) is 4.89. The lowest BCUT2D eigenvalue weighted by atomic mass is 10.1. The summed E-state index contributed by atoms with van der Waals surface area (Å²) >= 11 is 0. The average molecular weight is 301 g/mol. The summed E-state index contributed by atoms with van der Waals surface area (Å²) in [5.74, 6) is -0.553. The number of rotatable bonds is 4. The summed E-state index contributed by atoms with van der Waals surface area (Å²) in [6.45, 7) is 0.170. The van der Waals surface area contributed by atoms with Gasteiger partial charge in [0, 0.05) is 0 Å². The second-order valence-electron chi connectivity index (χ2n) is 4.89. The van der Waals surface area contributed by atoms with Gasteiger partial charge in [0.25, 0.3) is 0 Å². The first kappa shape index (κ1) is 14.2. The second kappa shape index (κ2) is 5.93. The molecular formula is C16H13F2N3O. The number of carbonyl (C=O) groups is 1. The fourth-order valence-corrected chi connectivity index (χ4v) is 2.18. The van der Waals surface area contributed by atoms with Gasteiger partial charge in [-0.3, -0.25) is 4.79 Å². The van der Waals surface area contributed by atoms with E-state index in [2.05, 4.69) is 15.3 Å². The highest BCUT2D eigenvalue weighted by Gasteiger charge is 2.09. The molecule has 1 heterocycles. The Hall–Kier alpha value is -2.76. The predicted octanol–water partition coefficient (Wildman–Crippen LogP) is 2.70. The van der Waals surface area contributed by atoms with Crippen LogP contribution in [0, 0.1) is 11.6 Å². The third-order valence-corrected chi connectivity index (χ3v) is 3.25. The highest BCUT2D eigenvalue weighted by Crippen LogP contribution is 2.13. The number of nitrogens with one attached hydrogen (secondary N) is 2. The fraction of sp³-hybridized carbons (Fsp3) is 0.125. The van der Waals surface area contributed by atoms with E-state index in [9.17, 15) is 13.6 Å². The Morgan fingerprint density at radius 1 is 1.18 bits per heavy atom. The number of aromatic amines is 1. The molecule has 2 aromatic carbocycles. The van der Waals surface area contributed by atoms with Crippen molar-refractivity contribution in [1.82, 2.24) is 15.3 Å². The summed E-state index contributed by atoms with van der Waals surface area (Å²) in [7, 11) is 0. The fourth-order valence-electron chi connectivity index (χ4n) is 2.18. The lowest BCUT2D eigenvalue weighted by Crippen LogP contribution is -2.25. The van der Waals surface area contributed by atoms with E-state index in [1.165, 1.54) is 18.2 Å². The molecule has 0 saturated carbocycles. The van der Waals surface area contributed by atoms with E-state index < -0.39 is 5.82 Å². The number of benzene rings is 2. The summed E-state index contributed by atoms with van der Waals surface area (Å²) in [6.07, 6.45) is -0.0401. The van der Waals surface area contributed by atoms with Gasteiger partial charge in [0.05, 0.1) is 24.0 Å². The topological polar surface area (TPSA) is 57.8 Å². The van der Waals surface area contributed by atoms with E-state index in [1.807, 2.05) is 0 Å². The minimum atomic E-state index is -0.406.